The van der Waals surface area contributed by atoms with Crippen molar-refractivity contribution < 1.29 is 27.8 Å². The number of nitrogens with zero attached hydrogens (tertiary/aromatic N) is 2. The number of halogens is 3. The van der Waals surface area contributed by atoms with Crippen LogP contribution >= 0.6 is 0 Å². The second kappa shape index (κ2) is 9.78. The van der Waals surface area contributed by atoms with Gasteiger partial charge >= 0.3 is 6.18 Å². The standard InChI is InChI=1S/C19H28F3N5O3/c20-19(21,22)10-30-12-7-5-11(6-8-12)25-18-24-9-13(16(23)29)17(27-18)26-14-3-1-2-4-15(14)28/h9,11-12,14-15,28H,1-8,10H2,(H2,23,29)(H2,24,25,26,27)/t11?,12?,14-,15-/m1/s1. The lowest BCUT2D eigenvalue weighted by atomic mass is 9.92. The van der Waals surface area contributed by atoms with E-state index in [-0.39, 0.29) is 23.5 Å². The zero-order valence-electron chi connectivity index (χ0n) is 16.6. The summed E-state index contributed by atoms with van der Waals surface area (Å²) in [6.45, 7) is -1.23. The van der Waals surface area contributed by atoms with Crippen LogP contribution in [-0.2, 0) is 4.74 Å². The maximum atomic E-state index is 12.3. The lowest BCUT2D eigenvalue weighted by molar-refractivity contribution is -0.187. The molecule has 168 valence electrons. The van der Waals surface area contributed by atoms with Crippen molar-refractivity contribution in [3.8, 4) is 0 Å². The third-order valence-corrected chi connectivity index (χ3v) is 5.60. The van der Waals surface area contributed by atoms with E-state index in [1.165, 1.54) is 6.20 Å². The Morgan fingerprint density at radius 1 is 1.17 bits per heavy atom. The second-order valence-corrected chi connectivity index (χ2v) is 7.97. The topological polar surface area (TPSA) is 122 Å². The summed E-state index contributed by atoms with van der Waals surface area (Å²) in [5.74, 6) is -0.0997. The summed E-state index contributed by atoms with van der Waals surface area (Å²) in [5, 5.41) is 16.5. The molecule has 1 heterocycles. The fourth-order valence-corrected chi connectivity index (χ4v) is 3.97. The van der Waals surface area contributed by atoms with Crippen LogP contribution in [0.1, 0.15) is 61.7 Å². The van der Waals surface area contributed by atoms with Crippen molar-refractivity contribution in [2.45, 2.75) is 81.8 Å². The summed E-state index contributed by atoms with van der Waals surface area (Å²) >= 11 is 0. The molecule has 2 atom stereocenters. The molecular formula is C19H28F3N5O3. The van der Waals surface area contributed by atoms with Crippen molar-refractivity contribution in [1.82, 2.24) is 9.97 Å². The van der Waals surface area contributed by atoms with Gasteiger partial charge < -0.3 is 26.2 Å². The Bertz CT molecular complexity index is 726. The number of primary amides is 1. The van der Waals surface area contributed by atoms with Gasteiger partial charge in [-0.25, -0.2) is 4.98 Å². The van der Waals surface area contributed by atoms with Crippen molar-refractivity contribution in [2.24, 2.45) is 5.73 Å². The molecule has 0 spiro atoms. The van der Waals surface area contributed by atoms with Gasteiger partial charge in [0.25, 0.3) is 5.91 Å². The molecule has 5 N–H and O–H groups in total. The molecule has 11 heteroatoms. The molecule has 8 nitrogen and oxygen atoms in total. The average Bonchev–Trinajstić information content (AvgIpc) is 2.69. The number of aliphatic hydroxyl groups is 1. The van der Waals surface area contributed by atoms with Crippen LogP contribution in [0.15, 0.2) is 6.20 Å². The molecule has 2 aliphatic rings. The quantitative estimate of drug-likeness (QED) is 0.523. The molecule has 2 saturated carbocycles. The first-order valence-corrected chi connectivity index (χ1v) is 10.3. The van der Waals surface area contributed by atoms with Gasteiger partial charge in [0.2, 0.25) is 5.95 Å². The fraction of sp³-hybridized carbons (Fsp3) is 0.737. The van der Waals surface area contributed by atoms with Gasteiger partial charge in [-0.2, -0.15) is 18.2 Å². The zero-order chi connectivity index (χ0) is 21.7. The van der Waals surface area contributed by atoms with Crippen LogP contribution in [0.4, 0.5) is 24.9 Å². The van der Waals surface area contributed by atoms with Crippen LogP contribution in [0.5, 0.6) is 0 Å². The first-order chi connectivity index (χ1) is 14.2. The molecule has 1 aromatic rings. The molecule has 0 radical (unpaired) electrons. The highest BCUT2D eigenvalue weighted by Crippen LogP contribution is 2.27. The van der Waals surface area contributed by atoms with Gasteiger partial charge in [-0.05, 0) is 38.5 Å². The van der Waals surface area contributed by atoms with E-state index in [1.54, 1.807) is 0 Å². The number of rotatable bonds is 7. The summed E-state index contributed by atoms with van der Waals surface area (Å²) in [5.41, 5.74) is 5.57. The largest absolute Gasteiger partial charge is 0.411 e. The van der Waals surface area contributed by atoms with Gasteiger partial charge in [0.05, 0.1) is 23.8 Å². The smallest absolute Gasteiger partial charge is 0.391 e. The van der Waals surface area contributed by atoms with Crippen LogP contribution in [-0.4, -0.2) is 58.1 Å². The van der Waals surface area contributed by atoms with E-state index < -0.39 is 30.9 Å². The third kappa shape index (κ3) is 6.43. The Balaban J connectivity index is 1.59. The predicted octanol–water partition coefficient (Wildman–Crippen LogP) is 2.59. The lowest BCUT2D eigenvalue weighted by Crippen LogP contribution is -2.37. The fourth-order valence-electron chi connectivity index (χ4n) is 3.97. The van der Waals surface area contributed by atoms with Crippen LogP contribution in [0.2, 0.25) is 0 Å². The van der Waals surface area contributed by atoms with Crippen molar-refractivity contribution >= 4 is 17.7 Å². The van der Waals surface area contributed by atoms with Crippen molar-refractivity contribution in [3.05, 3.63) is 11.8 Å². The molecule has 0 unspecified atom stereocenters. The molecule has 0 aliphatic heterocycles. The molecule has 2 aliphatic carbocycles. The van der Waals surface area contributed by atoms with E-state index in [4.69, 9.17) is 10.5 Å². The maximum absolute atomic E-state index is 12.3. The number of hydrogen-bond acceptors (Lipinski definition) is 7. The molecule has 3 rings (SSSR count). The molecule has 30 heavy (non-hydrogen) atoms. The van der Waals surface area contributed by atoms with Gasteiger partial charge in [-0.3, -0.25) is 4.79 Å². The summed E-state index contributed by atoms with van der Waals surface area (Å²) in [6.07, 6.45) is 1.69. The highest BCUT2D eigenvalue weighted by Gasteiger charge is 2.31. The Morgan fingerprint density at radius 2 is 1.87 bits per heavy atom. The molecule has 1 aromatic heterocycles. The molecule has 0 saturated heterocycles. The number of anilines is 2. The van der Waals surface area contributed by atoms with E-state index in [0.717, 1.165) is 19.3 Å². The van der Waals surface area contributed by atoms with Gasteiger partial charge in [-0.15, -0.1) is 0 Å². The van der Waals surface area contributed by atoms with Crippen LogP contribution in [0.3, 0.4) is 0 Å². The van der Waals surface area contributed by atoms with Gasteiger partial charge in [0.1, 0.15) is 12.4 Å². The minimum atomic E-state index is -4.32. The maximum Gasteiger partial charge on any atom is 0.411 e. The average molecular weight is 431 g/mol. The van der Waals surface area contributed by atoms with Crippen molar-refractivity contribution in [2.75, 3.05) is 17.2 Å². The van der Waals surface area contributed by atoms with E-state index in [1.807, 2.05) is 0 Å². The molecule has 0 bridgehead atoms. The minimum absolute atomic E-state index is 0.0108. The summed E-state index contributed by atoms with van der Waals surface area (Å²) in [4.78, 5) is 20.3. The third-order valence-electron chi connectivity index (χ3n) is 5.60. The number of alkyl halides is 3. The monoisotopic (exact) mass is 431 g/mol. The van der Waals surface area contributed by atoms with Gasteiger partial charge in [0.15, 0.2) is 0 Å². The number of nitrogens with two attached hydrogens (primary N) is 1. The van der Waals surface area contributed by atoms with Crippen LogP contribution in [0.25, 0.3) is 0 Å². The molecule has 1 amide bonds. The first kappa shape index (κ1) is 22.5. The molecular weight excluding hydrogens is 403 g/mol. The number of carbonyl (C=O) groups is 1. The minimum Gasteiger partial charge on any atom is -0.391 e. The zero-order valence-corrected chi connectivity index (χ0v) is 16.6. The second-order valence-electron chi connectivity index (χ2n) is 7.97. The summed E-state index contributed by atoms with van der Waals surface area (Å²) < 4.78 is 41.8. The van der Waals surface area contributed by atoms with Crippen LogP contribution < -0.4 is 16.4 Å². The number of nitrogens with one attached hydrogen (secondary N) is 2. The number of ether oxygens (including phenoxy) is 1. The van der Waals surface area contributed by atoms with Gasteiger partial charge in [-0.1, -0.05) is 12.8 Å². The van der Waals surface area contributed by atoms with E-state index >= 15 is 0 Å². The highest BCUT2D eigenvalue weighted by molar-refractivity contribution is 5.97. The van der Waals surface area contributed by atoms with Gasteiger partial charge in [0, 0.05) is 12.2 Å². The van der Waals surface area contributed by atoms with E-state index in [0.29, 0.717) is 38.1 Å². The Morgan fingerprint density at radius 3 is 2.50 bits per heavy atom. The number of hydrogen-bond donors (Lipinski definition) is 4. The predicted molar refractivity (Wildman–Crippen MR) is 104 cm³/mol. The Kier molecular flexibility index (Phi) is 7.35. The highest BCUT2D eigenvalue weighted by atomic mass is 19.4. The molecule has 2 fully saturated rings. The number of amides is 1. The summed E-state index contributed by atoms with van der Waals surface area (Å²) in [7, 11) is 0. The Hall–Kier alpha value is -2.14. The lowest BCUT2D eigenvalue weighted by Gasteiger charge is -2.30. The molecule has 0 aromatic carbocycles. The van der Waals surface area contributed by atoms with E-state index in [9.17, 15) is 23.1 Å². The van der Waals surface area contributed by atoms with Crippen LogP contribution in [0, 0.1) is 0 Å². The SMILES string of the molecule is NC(=O)c1cnc(NC2CCC(OCC(F)(F)F)CC2)nc1N[C@@H]1CCCC[C@H]1O. The van der Waals surface area contributed by atoms with Crippen molar-refractivity contribution in [3.63, 3.8) is 0 Å². The number of aliphatic hydroxyl groups excluding tert-OH is 1. The Labute approximate surface area is 172 Å². The number of aromatic nitrogens is 2. The first-order valence-electron chi connectivity index (χ1n) is 10.3. The normalized spacial score (nSPS) is 27.5. The number of carbonyl (C=O) groups excluding carboxylic acids is 1. The van der Waals surface area contributed by atoms with Crippen molar-refractivity contribution in [1.29, 1.82) is 0 Å². The summed E-state index contributed by atoms with van der Waals surface area (Å²) in [6, 6.07) is -0.232. The van der Waals surface area contributed by atoms with E-state index in [2.05, 4.69) is 20.6 Å².